The Morgan fingerprint density at radius 1 is 0.667 bits per heavy atom. The van der Waals surface area contributed by atoms with Crippen molar-refractivity contribution in [2.24, 2.45) is 0 Å². The fourth-order valence-electron chi connectivity index (χ4n) is 3.16. The molecule has 2 atom stereocenters. The minimum absolute atomic E-state index is 0.359. The van der Waals surface area contributed by atoms with Crippen molar-refractivity contribution < 1.29 is 18.1 Å². The highest BCUT2D eigenvalue weighted by molar-refractivity contribution is 7.86. The van der Waals surface area contributed by atoms with E-state index in [2.05, 4.69) is 6.92 Å². The summed E-state index contributed by atoms with van der Waals surface area (Å²) in [6, 6.07) is 0. The average Bonchev–Trinajstić information content (AvgIpc) is 2.51. The molecule has 0 aromatic carbocycles. The van der Waals surface area contributed by atoms with Gasteiger partial charge in [-0.05, 0) is 25.7 Å². The van der Waals surface area contributed by atoms with Gasteiger partial charge in [0, 0.05) is 0 Å². The molecule has 0 radical (unpaired) electrons. The number of aliphatic hydroxyl groups is 1. The van der Waals surface area contributed by atoms with Crippen molar-refractivity contribution in [2.45, 2.75) is 122 Å². The molecule has 0 aromatic heterocycles. The molecule has 4 nitrogen and oxygen atoms in total. The van der Waals surface area contributed by atoms with Crippen LogP contribution in [0.4, 0.5) is 0 Å². The van der Waals surface area contributed by atoms with Gasteiger partial charge in [0.2, 0.25) is 0 Å². The molecule has 0 saturated carbocycles. The summed E-state index contributed by atoms with van der Waals surface area (Å²) >= 11 is 0. The average molecular weight is 365 g/mol. The van der Waals surface area contributed by atoms with E-state index in [9.17, 15) is 18.1 Å². The molecule has 0 fully saturated rings. The van der Waals surface area contributed by atoms with E-state index in [0.29, 0.717) is 25.7 Å². The van der Waals surface area contributed by atoms with Crippen LogP contribution in [-0.2, 0) is 10.1 Å². The van der Waals surface area contributed by atoms with Crippen LogP contribution < -0.4 is 0 Å². The number of rotatable bonds is 17. The van der Waals surface area contributed by atoms with Gasteiger partial charge in [-0.3, -0.25) is 4.55 Å². The van der Waals surface area contributed by atoms with Gasteiger partial charge in [0.15, 0.2) is 0 Å². The van der Waals surface area contributed by atoms with Crippen LogP contribution in [0.25, 0.3) is 0 Å². The van der Waals surface area contributed by atoms with E-state index >= 15 is 0 Å². The molecule has 146 valence electrons. The predicted molar refractivity (Wildman–Crippen MR) is 102 cm³/mol. The lowest BCUT2D eigenvalue weighted by atomic mass is 10.0. The quantitative estimate of drug-likeness (QED) is 0.264. The van der Waals surface area contributed by atoms with Crippen molar-refractivity contribution in [3.63, 3.8) is 0 Å². The standard InChI is InChI=1S/C19H40O4S/c1-3-5-6-7-8-9-10-11-12-13-15-19(24(21,22)23)17-16-18(20)14-4-2/h18-20H,3-17H2,1-2H3,(H,21,22,23). The minimum Gasteiger partial charge on any atom is -0.393 e. The predicted octanol–water partition coefficient (Wildman–Crippen LogP) is 5.50. The van der Waals surface area contributed by atoms with Gasteiger partial charge in [-0.2, -0.15) is 8.42 Å². The van der Waals surface area contributed by atoms with Gasteiger partial charge in [0.05, 0.1) is 11.4 Å². The van der Waals surface area contributed by atoms with Crippen LogP contribution in [-0.4, -0.2) is 29.4 Å². The zero-order chi connectivity index (χ0) is 18.3. The number of hydrogen-bond acceptors (Lipinski definition) is 3. The van der Waals surface area contributed by atoms with Gasteiger partial charge in [-0.15, -0.1) is 0 Å². The summed E-state index contributed by atoms with van der Waals surface area (Å²) in [7, 11) is -4.00. The second kappa shape index (κ2) is 15.2. The molecule has 0 spiro atoms. The molecular formula is C19H40O4S. The number of hydrogen-bond donors (Lipinski definition) is 2. The van der Waals surface area contributed by atoms with Crippen LogP contribution >= 0.6 is 0 Å². The Labute approximate surface area is 150 Å². The molecule has 5 heteroatoms. The van der Waals surface area contributed by atoms with Crippen LogP contribution in [0, 0.1) is 0 Å². The van der Waals surface area contributed by atoms with Crippen molar-refractivity contribution in [1.82, 2.24) is 0 Å². The fourth-order valence-corrected chi connectivity index (χ4v) is 4.06. The third-order valence-electron chi connectivity index (χ3n) is 4.74. The normalized spacial score (nSPS) is 14.7. The summed E-state index contributed by atoms with van der Waals surface area (Å²) in [6.45, 7) is 4.22. The summed E-state index contributed by atoms with van der Waals surface area (Å²) < 4.78 is 32.3. The largest absolute Gasteiger partial charge is 0.393 e. The first-order chi connectivity index (χ1) is 11.4. The smallest absolute Gasteiger partial charge is 0.267 e. The third-order valence-corrected chi connectivity index (χ3v) is 6.06. The molecule has 0 saturated heterocycles. The van der Waals surface area contributed by atoms with E-state index in [1.807, 2.05) is 6.92 Å². The summed E-state index contributed by atoms with van der Waals surface area (Å²) in [5.74, 6) is 0. The van der Waals surface area contributed by atoms with Gasteiger partial charge in [0.25, 0.3) is 10.1 Å². The van der Waals surface area contributed by atoms with Gasteiger partial charge in [0.1, 0.15) is 0 Å². The Kier molecular flexibility index (Phi) is 15.1. The SMILES string of the molecule is CCCCCCCCCCCCC(CCC(O)CCC)S(=O)(=O)O. The second-order valence-electron chi connectivity index (χ2n) is 7.13. The van der Waals surface area contributed by atoms with Crippen molar-refractivity contribution in [3.05, 3.63) is 0 Å². The first-order valence-electron chi connectivity index (χ1n) is 10.1. The van der Waals surface area contributed by atoms with Crippen LogP contribution in [0.5, 0.6) is 0 Å². The Balaban J connectivity index is 3.77. The monoisotopic (exact) mass is 364 g/mol. The summed E-state index contributed by atoms with van der Waals surface area (Å²) in [5.41, 5.74) is 0. The maximum absolute atomic E-state index is 11.5. The zero-order valence-electron chi connectivity index (χ0n) is 15.9. The Hall–Kier alpha value is -0.130. The molecule has 0 bridgehead atoms. The fraction of sp³-hybridized carbons (Fsp3) is 1.00. The van der Waals surface area contributed by atoms with Crippen molar-refractivity contribution in [3.8, 4) is 0 Å². The van der Waals surface area contributed by atoms with Crippen molar-refractivity contribution >= 4 is 10.1 Å². The summed E-state index contributed by atoms with van der Waals surface area (Å²) in [5, 5.41) is 9.02. The molecule has 0 aliphatic carbocycles. The first kappa shape index (κ1) is 23.9. The van der Waals surface area contributed by atoms with Crippen LogP contribution in [0.2, 0.25) is 0 Å². The van der Waals surface area contributed by atoms with Crippen molar-refractivity contribution in [2.75, 3.05) is 0 Å². The lowest BCUT2D eigenvalue weighted by Gasteiger charge is -2.16. The first-order valence-corrected chi connectivity index (χ1v) is 11.6. The molecule has 24 heavy (non-hydrogen) atoms. The number of aliphatic hydroxyl groups excluding tert-OH is 1. The van der Waals surface area contributed by atoms with E-state index in [0.717, 1.165) is 25.7 Å². The molecule has 0 aromatic rings. The molecule has 2 N–H and O–H groups in total. The van der Waals surface area contributed by atoms with Crippen LogP contribution in [0.15, 0.2) is 0 Å². The third kappa shape index (κ3) is 14.2. The van der Waals surface area contributed by atoms with Gasteiger partial charge >= 0.3 is 0 Å². The van der Waals surface area contributed by atoms with Gasteiger partial charge in [-0.1, -0.05) is 84.5 Å². The maximum Gasteiger partial charge on any atom is 0.267 e. The van der Waals surface area contributed by atoms with Crippen LogP contribution in [0.3, 0.4) is 0 Å². The van der Waals surface area contributed by atoms with E-state index in [-0.39, 0.29) is 0 Å². The Morgan fingerprint density at radius 3 is 1.62 bits per heavy atom. The highest BCUT2D eigenvalue weighted by Gasteiger charge is 2.23. The van der Waals surface area contributed by atoms with Gasteiger partial charge in [-0.25, -0.2) is 0 Å². The van der Waals surface area contributed by atoms with Crippen molar-refractivity contribution in [1.29, 1.82) is 0 Å². The highest BCUT2D eigenvalue weighted by atomic mass is 32.2. The van der Waals surface area contributed by atoms with Gasteiger partial charge < -0.3 is 5.11 Å². The highest BCUT2D eigenvalue weighted by Crippen LogP contribution is 2.19. The Bertz CT molecular complexity index is 368. The molecular weight excluding hydrogens is 324 g/mol. The zero-order valence-corrected chi connectivity index (χ0v) is 16.7. The molecule has 0 heterocycles. The summed E-state index contributed by atoms with van der Waals surface area (Å²) in [6.07, 6.45) is 14.5. The summed E-state index contributed by atoms with van der Waals surface area (Å²) in [4.78, 5) is 0. The topological polar surface area (TPSA) is 74.6 Å². The lowest BCUT2D eigenvalue weighted by molar-refractivity contribution is 0.150. The Morgan fingerprint density at radius 2 is 1.17 bits per heavy atom. The van der Waals surface area contributed by atoms with Crippen LogP contribution in [0.1, 0.15) is 110 Å². The number of unbranched alkanes of at least 4 members (excludes halogenated alkanes) is 9. The van der Waals surface area contributed by atoms with E-state index in [4.69, 9.17) is 0 Å². The lowest BCUT2D eigenvalue weighted by Crippen LogP contribution is -2.22. The molecule has 0 aliphatic rings. The molecule has 0 rings (SSSR count). The maximum atomic E-state index is 11.5. The van der Waals surface area contributed by atoms with E-state index < -0.39 is 21.5 Å². The second-order valence-corrected chi connectivity index (χ2v) is 8.82. The molecule has 0 aliphatic heterocycles. The minimum atomic E-state index is -4.00. The molecule has 2 unspecified atom stereocenters. The molecule has 0 amide bonds. The van der Waals surface area contributed by atoms with E-state index in [1.165, 1.54) is 44.9 Å². The van der Waals surface area contributed by atoms with E-state index in [1.54, 1.807) is 0 Å².